The van der Waals surface area contributed by atoms with E-state index in [0.717, 1.165) is 17.9 Å². The Morgan fingerprint density at radius 3 is 2.74 bits per heavy atom. The first-order valence-corrected chi connectivity index (χ1v) is 7.38. The van der Waals surface area contributed by atoms with Gasteiger partial charge in [0.05, 0.1) is 6.04 Å². The van der Waals surface area contributed by atoms with Crippen LogP contribution in [0, 0.1) is 5.41 Å². The number of rotatable bonds is 4. The molecule has 1 aliphatic carbocycles. The van der Waals surface area contributed by atoms with Crippen molar-refractivity contribution in [3.05, 3.63) is 36.1 Å². The second-order valence-corrected chi connectivity index (χ2v) is 6.31. The molecule has 1 atom stereocenters. The number of hydrogen-bond acceptors (Lipinski definition) is 2. The van der Waals surface area contributed by atoms with Crippen LogP contribution in [0.25, 0.3) is 11.0 Å². The highest BCUT2D eigenvalue weighted by atomic mass is 16.3. The minimum absolute atomic E-state index is 0.282. The molecule has 2 heteroatoms. The molecule has 1 heterocycles. The lowest BCUT2D eigenvalue weighted by Gasteiger charge is -2.25. The molecule has 1 fully saturated rings. The molecule has 1 aromatic carbocycles. The fraction of sp³-hybridized carbons (Fsp3) is 0.529. The van der Waals surface area contributed by atoms with Gasteiger partial charge in [-0.1, -0.05) is 38.0 Å². The van der Waals surface area contributed by atoms with Crippen molar-refractivity contribution in [1.29, 1.82) is 0 Å². The monoisotopic (exact) mass is 257 g/mol. The van der Waals surface area contributed by atoms with Crippen molar-refractivity contribution < 1.29 is 4.42 Å². The van der Waals surface area contributed by atoms with E-state index in [0.29, 0.717) is 5.41 Å². The quantitative estimate of drug-likeness (QED) is 0.861. The predicted molar refractivity (Wildman–Crippen MR) is 79.2 cm³/mol. The van der Waals surface area contributed by atoms with Crippen molar-refractivity contribution in [1.82, 2.24) is 5.32 Å². The third-order valence-electron chi connectivity index (χ3n) is 4.52. The predicted octanol–water partition coefficient (Wildman–Crippen LogP) is 4.66. The fourth-order valence-electron chi connectivity index (χ4n) is 3.12. The lowest BCUT2D eigenvalue weighted by atomic mass is 9.88. The van der Waals surface area contributed by atoms with Gasteiger partial charge in [-0.25, -0.2) is 0 Å². The normalized spacial score (nSPS) is 19.9. The van der Waals surface area contributed by atoms with E-state index in [1.54, 1.807) is 0 Å². The van der Waals surface area contributed by atoms with Crippen molar-refractivity contribution in [2.75, 3.05) is 6.54 Å². The molecule has 2 nitrogen and oxygen atoms in total. The summed E-state index contributed by atoms with van der Waals surface area (Å²) in [5.74, 6) is 1.04. The Morgan fingerprint density at radius 1 is 1.26 bits per heavy atom. The van der Waals surface area contributed by atoms with E-state index in [4.69, 9.17) is 4.42 Å². The number of hydrogen-bond donors (Lipinski definition) is 1. The van der Waals surface area contributed by atoms with Crippen molar-refractivity contribution in [3.8, 4) is 0 Å². The molecule has 2 aromatic rings. The molecule has 19 heavy (non-hydrogen) atoms. The van der Waals surface area contributed by atoms with E-state index in [1.165, 1.54) is 31.1 Å². The zero-order valence-electron chi connectivity index (χ0n) is 11.9. The fourth-order valence-corrected chi connectivity index (χ4v) is 3.12. The summed E-state index contributed by atoms with van der Waals surface area (Å²) in [4.78, 5) is 0. The Hall–Kier alpha value is -1.28. The Kier molecular flexibility index (Phi) is 3.36. The minimum atomic E-state index is 0.282. The topological polar surface area (TPSA) is 25.2 Å². The average molecular weight is 257 g/mol. The van der Waals surface area contributed by atoms with E-state index in [-0.39, 0.29) is 6.04 Å². The molecule has 0 amide bonds. The van der Waals surface area contributed by atoms with Gasteiger partial charge in [0.1, 0.15) is 11.3 Å². The minimum Gasteiger partial charge on any atom is -0.459 e. The number of furan rings is 1. The van der Waals surface area contributed by atoms with Crippen molar-refractivity contribution in [2.45, 2.75) is 45.6 Å². The van der Waals surface area contributed by atoms with Gasteiger partial charge >= 0.3 is 0 Å². The van der Waals surface area contributed by atoms with E-state index >= 15 is 0 Å². The molecule has 1 saturated carbocycles. The average Bonchev–Trinajstić information content (AvgIpc) is 3.02. The number of para-hydroxylation sites is 1. The molecular formula is C17H23NO. The van der Waals surface area contributed by atoms with E-state index in [9.17, 15) is 0 Å². The highest BCUT2D eigenvalue weighted by molar-refractivity contribution is 5.77. The van der Waals surface area contributed by atoms with Gasteiger partial charge in [-0.05, 0) is 37.3 Å². The van der Waals surface area contributed by atoms with Gasteiger partial charge in [0.2, 0.25) is 0 Å². The largest absolute Gasteiger partial charge is 0.459 e. The molecule has 1 aliphatic rings. The number of fused-ring (bicyclic) bond motifs is 1. The number of benzene rings is 1. The first-order valence-electron chi connectivity index (χ1n) is 7.38. The van der Waals surface area contributed by atoms with Gasteiger partial charge < -0.3 is 9.73 Å². The van der Waals surface area contributed by atoms with Crippen LogP contribution < -0.4 is 5.32 Å². The summed E-state index contributed by atoms with van der Waals surface area (Å²) in [6.07, 6.45) is 5.48. The Labute approximate surface area is 115 Å². The smallest absolute Gasteiger partial charge is 0.134 e. The van der Waals surface area contributed by atoms with Crippen LogP contribution in [0.2, 0.25) is 0 Å². The van der Waals surface area contributed by atoms with Crippen LogP contribution >= 0.6 is 0 Å². The standard InChI is InChI=1S/C17H23NO/c1-13(18-12-17(2)9-5-6-10-17)16-11-14-7-3-4-8-15(14)19-16/h3-4,7-8,11,13,18H,5-6,9-10,12H2,1-2H3. The maximum atomic E-state index is 5.92. The maximum Gasteiger partial charge on any atom is 0.134 e. The lowest BCUT2D eigenvalue weighted by molar-refractivity contribution is 0.293. The summed E-state index contributed by atoms with van der Waals surface area (Å²) >= 11 is 0. The molecule has 1 unspecified atom stereocenters. The molecule has 0 bridgehead atoms. The molecule has 0 radical (unpaired) electrons. The maximum absolute atomic E-state index is 5.92. The van der Waals surface area contributed by atoms with Crippen LogP contribution in [-0.4, -0.2) is 6.54 Å². The van der Waals surface area contributed by atoms with Gasteiger partial charge in [0.25, 0.3) is 0 Å². The summed E-state index contributed by atoms with van der Waals surface area (Å²) in [6, 6.07) is 10.7. The van der Waals surface area contributed by atoms with E-state index < -0.39 is 0 Å². The van der Waals surface area contributed by atoms with Gasteiger partial charge in [0, 0.05) is 11.9 Å². The zero-order chi connectivity index (χ0) is 13.3. The van der Waals surface area contributed by atoms with Crippen molar-refractivity contribution in [2.24, 2.45) is 5.41 Å². The summed E-state index contributed by atoms with van der Waals surface area (Å²) in [7, 11) is 0. The van der Waals surface area contributed by atoms with Crippen LogP contribution in [0.5, 0.6) is 0 Å². The first-order chi connectivity index (χ1) is 9.16. The highest BCUT2D eigenvalue weighted by Crippen LogP contribution is 2.37. The van der Waals surface area contributed by atoms with E-state index in [1.807, 2.05) is 12.1 Å². The molecule has 3 rings (SSSR count). The molecule has 0 saturated heterocycles. The highest BCUT2D eigenvalue weighted by Gasteiger charge is 2.28. The SMILES string of the molecule is CC(NCC1(C)CCCC1)c1cc2ccccc2o1. The second kappa shape index (κ2) is 5.01. The van der Waals surface area contributed by atoms with Gasteiger partial charge in [-0.2, -0.15) is 0 Å². The van der Waals surface area contributed by atoms with Crippen molar-refractivity contribution >= 4 is 11.0 Å². The van der Waals surface area contributed by atoms with Gasteiger partial charge in [-0.3, -0.25) is 0 Å². The lowest BCUT2D eigenvalue weighted by Crippen LogP contribution is -2.31. The third kappa shape index (κ3) is 2.69. The third-order valence-corrected chi connectivity index (χ3v) is 4.52. The first kappa shape index (κ1) is 12.7. The summed E-state index contributed by atoms with van der Waals surface area (Å²) < 4.78 is 5.92. The molecule has 102 valence electrons. The van der Waals surface area contributed by atoms with Crippen LogP contribution in [0.4, 0.5) is 0 Å². The molecule has 1 aromatic heterocycles. The molecular weight excluding hydrogens is 234 g/mol. The van der Waals surface area contributed by atoms with Crippen LogP contribution in [0.15, 0.2) is 34.7 Å². The zero-order valence-corrected chi connectivity index (χ0v) is 11.9. The van der Waals surface area contributed by atoms with Crippen LogP contribution in [-0.2, 0) is 0 Å². The molecule has 1 N–H and O–H groups in total. The van der Waals surface area contributed by atoms with Gasteiger partial charge in [0.15, 0.2) is 0 Å². The van der Waals surface area contributed by atoms with Crippen molar-refractivity contribution in [3.63, 3.8) is 0 Å². The number of nitrogens with one attached hydrogen (secondary N) is 1. The Bertz CT molecular complexity index is 518. The van der Waals surface area contributed by atoms with Crippen LogP contribution in [0.1, 0.15) is 51.3 Å². The summed E-state index contributed by atoms with van der Waals surface area (Å²) in [5, 5.41) is 4.84. The second-order valence-electron chi connectivity index (χ2n) is 6.31. The summed E-state index contributed by atoms with van der Waals surface area (Å²) in [5.41, 5.74) is 1.47. The van der Waals surface area contributed by atoms with Crippen LogP contribution in [0.3, 0.4) is 0 Å². The Balaban J connectivity index is 1.68. The molecule has 0 aliphatic heterocycles. The molecule has 0 spiro atoms. The van der Waals surface area contributed by atoms with Gasteiger partial charge in [-0.15, -0.1) is 0 Å². The Morgan fingerprint density at radius 2 is 2.00 bits per heavy atom. The van der Waals surface area contributed by atoms with E-state index in [2.05, 4.69) is 37.4 Å². The summed E-state index contributed by atoms with van der Waals surface area (Å²) in [6.45, 7) is 5.68.